The van der Waals surface area contributed by atoms with Gasteiger partial charge in [-0.1, -0.05) is 6.07 Å². The minimum absolute atomic E-state index is 0.228. The Balaban J connectivity index is 2.22. The van der Waals surface area contributed by atoms with Crippen LogP contribution in [0.15, 0.2) is 48.9 Å². The molecule has 0 aliphatic rings. The molecule has 0 aliphatic carbocycles. The van der Waals surface area contributed by atoms with Crippen molar-refractivity contribution in [3.8, 4) is 0 Å². The monoisotopic (exact) mass is 269 g/mol. The third-order valence-corrected chi connectivity index (χ3v) is 2.86. The third-order valence-electron chi connectivity index (χ3n) is 2.86. The number of nitrogens with two attached hydrogens (primary N) is 1. The molecule has 5 nitrogen and oxygen atoms in total. The summed E-state index contributed by atoms with van der Waals surface area (Å²) in [7, 11) is 0. The molecule has 0 atom stereocenters. The maximum Gasteiger partial charge on any atom is 0.335 e. The fourth-order valence-corrected chi connectivity index (χ4v) is 1.68. The molecule has 2 aromatic rings. The summed E-state index contributed by atoms with van der Waals surface area (Å²) >= 11 is 0. The average molecular weight is 269 g/mol. The van der Waals surface area contributed by atoms with Gasteiger partial charge in [-0.2, -0.15) is 0 Å². The van der Waals surface area contributed by atoms with Crippen molar-refractivity contribution in [1.29, 1.82) is 0 Å². The number of anilines is 1. The molecule has 1 aromatic carbocycles. The third kappa shape index (κ3) is 3.14. The van der Waals surface area contributed by atoms with Crippen LogP contribution in [0, 0.1) is 6.92 Å². The van der Waals surface area contributed by atoms with Crippen molar-refractivity contribution in [2.45, 2.75) is 6.92 Å². The molecule has 0 saturated heterocycles. The average Bonchev–Trinajstić information content (AvgIpc) is 2.46. The predicted molar refractivity (Wildman–Crippen MR) is 78.2 cm³/mol. The van der Waals surface area contributed by atoms with Crippen LogP contribution in [0.1, 0.15) is 21.5 Å². The summed E-state index contributed by atoms with van der Waals surface area (Å²) < 4.78 is 0. The van der Waals surface area contributed by atoms with Gasteiger partial charge in [-0.25, -0.2) is 4.79 Å². The highest BCUT2D eigenvalue weighted by Gasteiger charge is 2.05. The van der Waals surface area contributed by atoms with Gasteiger partial charge in [0.25, 0.3) is 0 Å². The van der Waals surface area contributed by atoms with Gasteiger partial charge in [0.05, 0.1) is 11.3 Å². The van der Waals surface area contributed by atoms with Gasteiger partial charge < -0.3 is 16.2 Å². The number of aryl methyl sites for hydroxylation is 1. The second-order valence-electron chi connectivity index (χ2n) is 4.32. The van der Waals surface area contributed by atoms with Crippen molar-refractivity contribution in [3.05, 3.63) is 65.6 Å². The molecular weight excluding hydrogens is 254 g/mol. The molecular formula is C15H15N3O2. The molecule has 0 unspecified atom stereocenters. The first-order valence-corrected chi connectivity index (χ1v) is 6.04. The van der Waals surface area contributed by atoms with E-state index in [0.717, 1.165) is 11.1 Å². The van der Waals surface area contributed by atoms with E-state index >= 15 is 0 Å². The molecule has 4 N–H and O–H groups in total. The number of carbonyl (C=O) groups is 1. The first-order chi connectivity index (χ1) is 9.58. The van der Waals surface area contributed by atoms with E-state index in [1.165, 1.54) is 0 Å². The van der Waals surface area contributed by atoms with Crippen LogP contribution in [-0.4, -0.2) is 16.1 Å². The molecule has 102 valence electrons. The van der Waals surface area contributed by atoms with E-state index in [2.05, 4.69) is 10.3 Å². The zero-order valence-corrected chi connectivity index (χ0v) is 11.0. The number of rotatable bonds is 4. The van der Waals surface area contributed by atoms with E-state index in [4.69, 9.17) is 10.8 Å². The number of aromatic carboxylic acids is 1. The van der Waals surface area contributed by atoms with Crippen LogP contribution in [0.3, 0.4) is 0 Å². The van der Waals surface area contributed by atoms with Crippen LogP contribution >= 0.6 is 0 Å². The Morgan fingerprint density at radius 2 is 2.15 bits per heavy atom. The Labute approximate surface area is 116 Å². The Morgan fingerprint density at radius 1 is 1.35 bits per heavy atom. The number of aromatic nitrogens is 1. The quantitative estimate of drug-likeness (QED) is 0.793. The maximum absolute atomic E-state index is 10.9. The number of hydrogen-bond donors (Lipinski definition) is 3. The fourth-order valence-electron chi connectivity index (χ4n) is 1.68. The van der Waals surface area contributed by atoms with E-state index in [0.29, 0.717) is 11.4 Å². The van der Waals surface area contributed by atoms with E-state index in [9.17, 15) is 4.79 Å². The summed E-state index contributed by atoms with van der Waals surface area (Å²) in [6.45, 7) is 1.89. The summed E-state index contributed by atoms with van der Waals surface area (Å²) in [6, 6.07) is 8.54. The molecule has 0 fully saturated rings. The number of hydrogen-bond acceptors (Lipinski definition) is 4. The first-order valence-electron chi connectivity index (χ1n) is 6.04. The SMILES string of the molecule is Cc1ccc(C(=O)O)cc1N/C=C(\N)c1cccnc1. The molecule has 1 heterocycles. The van der Waals surface area contributed by atoms with Crippen molar-refractivity contribution in [2.24, 2.45) is 5.73 Å². The molecule has 0 spiro atoms. The summed E-state index contributed by atoms with van der Waals surface area (Å²) in [6.07, 6.45) is 4.96. The van der Waals surface area contributed by atoms with Crippen molar-refractivity contribution in [3.63, 3.8) is 0 Å². The summed E-state index contributed by atoms with van der Waals surface area (Å²) in [5.41, 5.74) is 9.13. The van der Waals surface area contributed by atoms with Crippen molar-refractivity contribution >= 4 is 17.4 Å². The lowest BCUT2D eigenvalue weighted by Crippen LogP contribution is -2.03. The van der Waals surface area contributed by atoms with Crippen LogP contribution in [0.25, 0.3) is 5.70 Å². The lowest BCUT2D eigenvalue weighted by atomic mass is 10.1. The number of carboxylic acids is 1. The van der Waals surface area contributed by atoms with Gasteiger partial charge in [-0.3, -0.25) is 4.98 Å². The van der Waals surface area contributed by atoms with Gasteiger partial charge in [-0.05, 0) is 36.8 Å². The van der Waals surface area contributed by atoms with Crippen LogP contribution in [0.4, 0.5) is 5.69 Å². The zero-order chi connectivity index (χ0) is 14.5. The zero-order valence-electron chi connectivity index (χ0n) is 11.0. The van der Waals surface area contributed by atoms with Gasteiger partial charge in [0.15, 0.2) is 0 Å². The van der Waals surface area contributed by atoms with Gasteiger partial charge in [-0.15, -0.1) is 0 Å². The summed E-state index contributed by atoms with van der Waals surface area (Å²) in [5.74, 6) is -0.961. The Bertz CT molecular complexity index is 651. The van der Waals surface area contributed by atoms with Gasteiger partial charge in [0.2, 0.25) is 0 Å². The topological polar surface area (TPSA) is 88.2 Å². The van der Waals surface area contributed by atoms with Crippen LogP contribution in [-0.2, 0) is 0 Å². The van der Waals surface area contributed by atoms with Crippen molar-refractivity contribution in [1.82, 2.24) is 4.98 Å². The van der Waals surface area contributed by atoms with Gasteiger partial charge >= 0.3 is 5.97 Å². The molecule has 0 saturated carbocycles. The maximum atomic E-state index is 10.9. The fraction of sp³-hybridized carbons (Fsp3) is 0.0667. The highest BCUT2D eigenvalue weighted by atomic mass is 16.4. The first kappa shape index (κ1) is 13.6. The molecule has 1 aromatic heterocycles. The largest absolute Gasteiger partial charge is 0.478 e. The van der Waals surface area contributed by atoms with E-state index in [-0.39, 0.29) is 5.56 Å². The second-order valence-corrected chi connectivity index (χ2v) is 4.32. The van der Waals surface area contributed by atoms with E-state index in [1.807, 2.05) is 13.0 Å². The van der Waals surface area contributed by atoms with Gasteiger partial charge in [0.1, 0.15) is 0 Å². The Hall–Kier alpha value is -2.82. The van der Waals surface area contributed by atoms with Crippen LogP contribution in [0.2, 0.25) is 0 Å². The number of nitrogens with one attached hydrogen (secondary N) is 1. The lowest BCUT2D eigenvalue weighted by molar-refractivity contribution is 0.0697. The molecule has 5 heteroatoms. The molecule has 0 aliphatic heterocycles. The minimum atomic E-state index is -0.961. The number of nitrogens with zero attached hydrogens (tertiary/aromatic N) is 1. The highest BCUT2D eigenvalue weighted by molar-refractivity contribution is 5.89. The van der Waals surface area contributed by atoms with E-state index in [1.54, 1.807) is 42.9 Å². The van der Waals surface area contributed by atoms with E-state index < -0.39 is 5.97 Å². The molecule has 0 radical (unpaired) electrons. The molecule has 2 rings (SSSR count). The van der Waals surface area contributed by atoms with Crippen LogP contribution < -0.4 is 11.1 Å². The smallest absolute Gasteiger partial charge is 0.335 e. The second kappa shape index (κ2) is 5.88. The molecule has 20 heavy (non-hydrogen) atoms. The number of benzene rings is 1. The molecule has 0 amide bonds. The van der Waals surface area contributed by atoms with Crippen molar-refractivity contribution in [2.75, 3.05) is 5.32 Å². The van der Waals surface area contributed by atoms with Crippen molar-refractivity contribution < 1.29 is 9.90 Å². The number of carboxylic acid groups (broad SMARTS) is 1. The normalized spacial score (nSPS) is 11.2. The minimum Gasteiger partial charge on any atom is -0.478 e. The predicted octanol–water partition coefficient (Wildman–Crippen LogP) is 2.46. The number of pyridine rings is 1. The Kier molecular flexibility index (Phi) is 4.00. The summed E-state index contributed by atoms with van der Waals surface area (Å²) in [4.78, 5) is 14.9. The van der Waals surface area contributed by atoms with Crippen LogP contribution in [0.5, 0.6) is 0 Å². The highest BCUT2D eigenvalue weighted by Crippen LogP contribution is 2.18. The lowest BCUT2D eigenvalue weighted by Gasteiger charge is -2.08. The molecule has 0 bridgehead atoms. The summed E-state index contributed by atoms with van der Waals surface area (Å²) in [5, 5.41) is 12.0. The Morgan fingerprint density at radius 3 is 2.80 bits per heavy atom. The standard InChI is InChI=1S/C15H15N3O2/c1-10-4-5-11(15(19)20)7-14(10)18-9-13(16)12-3-2-6-17-8-12/h2-9,18H,16H2,1H3,(H,19,20)/b13-9-. The van der Waals surface area contributed by atoms with Gasteiger partial charge in [0, 0.05) is 29.8 Å².